The first-order valence-corrected chi connectivity index (χ1v) is 6.52. The second kappa shape index (κ2) is 4.63. The van der Waals surface area contributed by atoms with Gasteiger partial charge in [0.1, 0.15) is 23.2 Å². The lowest BCUT2D eigenvalue weighted by Crippen LogP contribution is -1.92. The molecular weight excluding hydrogens is 252 g/mol. The standard InChI is InChI=1S/C16H16N2O2/c1-9-5-6-13(7-10(9)2)20-16-14-11(3)12(4)19-15(14)17-8-18-16/h5-8H,1-4H3. The molecule has 0 aliphatic heterocycles. The highest BCUT2D eigenvalue weighted by molar-refractivity contribution is 5.83. The van der Waals surface area contributed by atoms with Crippen LogP contribution in [0.4, 0.5) is 0 Å². The molecule has 20 heavy (non-hydrogen) atoms. The van der Waals surface area contributed by atoms with Gasteiger partial charge in [0.25, 0.3) is 0 Å². The number of rotatable bonds is 2. The Morgan fingerprint density at radius 1 is 1.00 bits per heavy atom. The number of ether oxygens (including phenoxy) is 1. The van der Waals surface area contributed by atoms with Gasteiger partial charge in [-0.15, -0.1) is 0 Å². The first-order valence-electron chi connectivity index (χ1n) is 6.52. The minimum Gasteiger partial charge on any atom is -0.443 e. The van der Waals surface area contributed by atoms with Gasteiger partial charge in [0, 0.05) is 5.56 Å². The fraction of sp³-hybridized carbons (Fsp3) is 0.250. The summed E-state index contributed by atoms with van der Waals surface area (Å²) in [6.07, 6.45) is 1.46. The van der Waals surface area contributed by atoms with E-state index in [1.807, 2.05) is 32.0 Å². The minimum absolute atomic E-state index is 0.535. The Balaban J connectivity index is 2.08. The summed E-state index contributed by atoms with van der Waals surface area (Å²) in [5.74, 6) is 2.14. The van der Waals surface area contributed by atoms with E-state index < -0.39 is 0 Å². The predicted octanol–water partition coefficient (Wildman–Crippen LogP) is 4.25. The highest BCUT2D eigenvalue weighted by Crippen LogP contribution is 2.32. The lowest BCUT2D eigenvalue weighted by molar-refractivity contribution is 0.466. The van der Waals surface area contributed by atoms with Crippen LogP contribution in [-0.2, 0) is 0 Å². The first-order chi connectivity index (χ1) is 9.56. The smallest absolute Gasteiger partial charge is 0.233 e. The molecule has 2 heterocycles. The van der Waals surface area contributed by atoms with Crippen molar-refractivity contribution < 1.29 is 9.15 Å². The number of hydrogen-bond donors (Lipinski definition) is 0. The van der Waals surface area contributed by atoms with E-state index in [1.165, 1.54) is 17.5 Å². The van der Waals surface area contributed by atoms with Gasteiger partial charge in [0.2, 0.25) is 11.6 Å². The van der Waals surface area contributed by atoms with Crippen LogP contribution in [0.25, 0.3) is 11.1 Å². The van der Waals surface area contributed by atoms with Crippen molar-refractivity contribution >= 4 is 11.1 Å². The number of aromatic nitrogens is 2. The number of nitrogens with zero attached hydrogens (tertiary/aromatic N) is 2. The zero-order valence-corrected chi connectivity index (χ0v) is 12.0. The Morgan fingerprint density at radius 2 is 1.80 bits per heavy atom. The van der Waals surface area contributed by atoms with Crippen LogP contribution in [-0.4, -0.2) is 9.97 Å². The lowest BCUT2D eigenvalue weighted by Gasteiger charge is -2.07. The highest BCUT2D eigenvalue weighted by atomic mass is 16.5. The van der Waals surface area contributed by atoms with Crippen LogP contribution in [0.2, 0.25) is 0 Å². The molecule has 0 N–H and O–H groups in total. The van der Waals surface area contributed by atoms with Crippen molar-refractivity contribution in [1.29, 1.82) is 0 Å². The Kier molecular flexibility index (Phi) is 2.93. The summed E-state index contributed by atoms with van der Waals surface area (Å²) in [4.78, 5) is 8.37. The quantitative estimate of drug-likeness (QED) is 0.697. The number of fused-ring (bicyclic) bond motifs is 1. The van der Waals surface area contributed by atoms with Crippen molar-refractivity contribution in [3.05, 3.63) is 47.0 Å². The molecular formula is C16H16N2O2. The zero-order chi connectivity index (χ0) is 14.3. The fourth-order valence-corrected chi connectivity index (χ4v) is 2.12. The maximum absolute atomic E-state index is 5.91. The SMILES string of the molecule is Cc1ccc(Oc2ncnc3oc(C)c(C)c23)cc1C. The van der Waals surface area contributed by atoms with Gasteiger partial charge in [0.15, 0.2) is 0 Å². The zero-order valence-electron chi connectivity index (χ0n) is 12.0. The van der Waals surface area contributed by atoms with Crippen LogP contribution in [0.3, 0.4) is 0 Å². The third kappa shape index (κ3) is 2.03. The maximum Gasteiger partial charge on any atom is 0.233 e. The van der Waals surface area contributed by atoms with Crippen molar-refractivity contribution in [3.63, 3.8) is 0 Å². The Labute approximate surface area is 117 Å². The molecule has 0 radical (unpaired) electrons. The number of hydrogen-bond acceptors (Lipinski definition) is 4. The molecule has 3 aromatic rings. The van der Waals surface area contributed by atoms with Crippen LogP contribution in [0.15, 0.2) is 28.9 Å². The molecule has 0 unspecified atom stereocenters. The Morgan fingerprint density at radius 3 is 2.55 bits per heavy atom. The summed E-state index contributed by atoms with van der Waals surface area (Å²) in [5.41, 5.74) is 4.00. The van der Waals surface area contributed by atoms with Gasteiger partial charge in [-0.3, -0.25) is 0 Å². The molecule has 0 aliphatic carbocycles. The van der Waals surface area contributed by atoms with E-state index in [1.54, 1.807) is 0 Å². The summed E-state index contributed by atoms with van der Waals surface area (Å²) < 4.78 is 11.5. The van der Waals surface area contributed by atoms with E-state index in [-0.39, 0.29) is 0 Å². The largest absolute Gasteiger partial charge is 0.443 e. The highest BCUT2D eigenvalue weighted by Gasteiger charge is 2.15. The summed E-state index contributed by atoms with van der Waals surface area (Å²) in [7, 11) is 0. The van der Waals surface area contributed by atoms with Gasteiger partial charge < -0.3 is 9.15 Å². The summed E-state index contributed by atoms with van der Waals surface area (Å²) in [6.45, 7) is 8.03. The van der Waals surface area contributed by atoms with Crippen LogP contribution in [0, 0.1) is 27.7 Å². The fourth-order valence-electron chi connectivity index (χ4n) is 2.12. The van der Waals surface area contributed by atoms with Crippen LogP contribution in [0.5, 0.6) is 11.6 Å². The summed E-state index contributed by atoms with van der Waals surface area (Å²) in [5, 5.41) is 0.836. The summed E-state index contributed by atoms with van der Waals surface area (Å²) in [6, 6.07) is 5.99. The molecule has 2 aromatic heterocycles. The van der Waals surface area contributed by atoms with Crippen molar-refractivity contribution in [1.82, 2.24) is 9.97 Å². The second-order valence-electron chi connectivity index (χ2n) is 4.99. The number of benzene rings is 1. The topological polar surface area (TPSA) is 48.2 Å². The van der Waals surface area contributed by atoms with E-state index >= 15 is 0 Å². The van der Waals surface area contributed by atoms with Crippen molar-refractivity contribution in [2.45, 2.75) is 27.7 Å². The number of furan rings is 1. The molecule has 4 nitrogen and oxygen atoms in total. The second-order valence-corrected chi connectivity index (χ2v) is 4.99. The Bertz CT molecular complexity index is 791. The molecule has 0 saturated heterocycles. The molecule has 0 fully saturated rings. The summed E-state index contributed by atoms with van der Waals surface area (Å²) >= 11 is 0. The predicted molar refractivity (Wildman–Crippen MR) is 77.3 cm³/mol. The first kappa shape index (κ1) is 12.7. The average molecular weight is 268 g/mol. The number of aryl methyl sites for hydroxylation is 4. The minimum atomic E-state index is 0.535. The van der Waals surface area contributed by atoms with E-state index in [2.05, 4.69) is 23.8 Å². The van der Waals surface area contributed by atoms with Gasteiger partial charge in [0.05, 0.1) is 0 Å². The molecule has 0 bridgehead atoms. The van der Waals surface area contributed by atoms with E-state index in [4.69, 9.17) is 9.15 Å². The third-order valence-electron chi connectivity index (χ3n) is 3.62. The monoisotopic (exact) mass is 268 g/mol. The van der Waals surface area contributed by atoms with E-state index in [0.717, 1.165) is 22.5 Å². The van der Waals surface area contributed by atoms with Gasteiger partial charge in [-0.1, -0.05) is 6.07 Å². The van der Waals surface area contributed by atoms with Gasteiger partial charge in [-0.2, -0.15) is 0 Å². The van der Waals surface area contributed by atoms with Crippen LogP contribution in [0.1, 0.15) is 22.5 Å². The molecule has 102 valence electrons. The normalized spacial score (nSPS) is 11.0. The lowest BCUT2D eigenvalue weighted by atomic mass is 10.1. The molecule has 0 aliphatic rings. The molecule has 0 amide bonds. The van der Waals surface area contributed by atoms with Crippen molar-refractivity contribution in [3.8, 4) is 11.6 Å². The van der Waals surface area contributed by atoms with Crippen LogP contribution < -0.4 is 4.74 Å². The van der Waals surface area contributed by atoms with Crippen molar-refractivity contribution in [2.24, 2.45) is 0 Å². The van der Waals surface area contributed by atoms with Gasteiger partial charge in [-0.25, -0.2) is 9.97 Å². The molecule has 0 atom stereocenters. The average Bonchev–Trinajstić information content (AvgIpc) is 2.71. The third-order valence-corrected chi connectivity index (χ3v) is 3.62. The molecule has 4 heteroatoms. The molecule has 1 aromatic carbocycles. The Hall–Kier alpha value is -2.36. The molecule has 3 rings (SSSR count). The van der Waals surface area contributed by atoms with Gasteiger partial charge in [-0.05, 0) is 51.0 Å². The maximum atomic E-state index is 5.91. The van der Waals surface area contributed by atoms with Crippen molar-refractivity contribution in [2.75, 3.05) is 0 Å². The molecule has 0 saturated carbocycles. The van der Waals surface area contributed by atoms with Crippen LogP contribution >= 0.6 is 0 Å². The van der Waals surface area contributed by atoms with Gasteiger partial charge >= 0.3 is 0 Å². The van der Waals surface area contributed by atoms with E-state index in [9.17, 15) is 0 Å². The molecule has 0 spiro atoms. The van der Waals surface area contributed by atoms with E-state index in [0.29, 0.717) is 11.6 Å².